The number of nitrogens with zero attached hydrogens (tertiary/aromatic N) is 1. The van der Waals surface area contributed by atoms with E-state index in [0.29, 0.717) is 19.8 Å². The Morgan fingerprint density at radius 2 is 2.05 bits per heavy atom. The molecule has 1 heterocycles. The normalized spacial score (nSPS) is 20.2. The molecule has 0 spiro atoms. The Bertz CT molecular complexity index is 366. The van der Waals surface area contributed by atoms with E-state index in [1.807, 2.05) is 24.3 Å². The van der Waals surface area contributed by atoms with Crippen LogP contribution in [-0.4, -0.2) is 62.7 Å². The zero-order chi connectivity index (χ0) is 13.5. The summed E-state index contributed by atoms with van der Waals surface area (Å²) in [4.78, 5) is 2.19. The van der Waals surface area contributed by atoms with Crippen LogP contribution in [0.25, 0.3) is 0 Å². The predicted molar refractivity (Wildman–Crippen MR) is 71.8 cm³/mol. The first-order valence-electron chi connectivity index (χ1n) is 6.53. The first-order valence-corrected chi connectivity index (χ1v) is 6.53. The van der Waals surface area contributed by atoms with Crippen LogP contribution in [0.4, 0.5) is 0 Å². The van der Waals surface area contributed by atoms with Crippen LogP contribution in [0.15, 0.2) is 24.3 Å². The third kappa shape index (κ3) is 4.38. The van der Waals surface area contributed by atoms with Gasteiger partial charge in [-0.05, 0) is 24.3 Å². The highest BCUT2D eigenvalue weighted by molar-refractivity contribution is 5.31. The molecule has 106 valence electrons. The molecule has 19 heavy (non-hydrogen) atoms. The van der Waals surface area contributed by atoms with Crippen molar-refractivity contribution in [2.24, 2.45) is 0 Å². The zero-order valence-electron chi connectivity index (χ0n) is 11.2. The second-order valence-electron chi connectivity index (χ2n) is 4.50. The van der Waals surface area contributed by atoms with Gasteiger partial charge < -0.3 is 19.3 Å². The van der Waals surface area contributed by atoms with Gasteiger partial charge in [-0.3, -0.25) is 4.90 Å². The lowest BCUT2D eigenvalue weighted by atomic mass is 10.3. The van der Waals surface area contributed by atoms with Crippen molar-refractivity contribution in [1.82, 2.24) is 4.90 Å². The molecule has 1 saturated heterocycles. The molecule has 0 aromatic heterocycles. The average molecular weight is 267 g/mol. The summed E-state index contributed by atoms with van der Waals surface area (Å²) < 4.78 is 16.4. The molecular formula is C14H21NO4. The minimum atomic E-state index is 0.0578. The molecule has 5 heteroatoms. The fourth-order valence-corrected chi connectivity index (χ4v) is 2.09. The van der Waals surface area contributed by atoms with Crippen LogP contribution >= 0.6 is 0 Å². The number of hydrogen-bond acceptors (Lipinski definition) is 5. The predicted octanol–water partition coefficient (Wildman–Crippen LogP) is 0.767. The summed E-state index contributed by atoms with van der Waals surface area (Å²) >= 11 is 0. The van der Waals surface area contributed by atoms with Crippen molar-refractivity contribution in [2.75, 3.05) is 46.6 Å². The molecule has 1 aliphatic heterocycles. The van der Waals surface area contributed by atoms with E-state index in [2.05, 4.69) is 4.90 Å². The van der Waals surface area contributed by atoms with Gasteiger partial charge in [0.15, 0.2) is 0 Å². The van der Waals surface area contributed by atoms with Crippen molar-refractivity contribution in [3.8, 4) is 11.5 Å². The van der Waals surface area contributed by atoms with Gasteiger partial charge in [0.05, 0.1) is 20.3 Å². The fraction of sp³-hybridized carbons (Fsp3) is 0.571. The molecule has 1 aromatic rings. The Hall–Kier alpha value is -1.30. The lowest BCUT2D eigenvalue weighted by Crippen LogP contribution is -2.45. The highest BCUT2D eigenvalue weighted by Gasteiger charge is 2.20. The summed E-state index contributed by atoms with van der Waals surface area (Å²) in [5, 5.41) is 8.94. The number of aliphatic hydroxyl groups is 1. The molecule has 0 bridgehead atoms. The van der Waals surface area contributed by atoms with Crippen LogP contribution < -0.4 is 9.47 Å². The van der Waals surface area contributed by atoms with E-state index in [-0.39, 0.29) is 12.7 Å². The number of rotatable bonds is 6. The van der Waals surface area contributed by atoms with Crippen LogP contribution in [0.3, 0.4) is 0 Å². The maximum Gasteiger partial charge on any atom is 0.119 e. The monoisotopic (exact) mass is 267 g/mol. The molecule has 0 saturated carbocycles. The van der Waals surface area contributed by atoms with Crippen LogP contribution in [0.1, 0.15) is 0 Å². The number of aliphatic hydroxyl groups excluding tert-OH is 1. The van der Waals surface area contributed by atoms with Gasteiger partial charge in [0.25, 0.3) is 0 Å². The van der Waals surface area contributed by atoms with Gasteiger partial charge in [0, 0.05) is 19.6 Å². The van der Waals surface area contributed by atoms with E-state index in [1.54, 1.807) is 7.11 Å². The summed E-state index contributed by atoms with van der Waals surface area (Å²) in [6.07, 6.45) is 0.0578. The van der Waals surface area contributed by atoms with E-state index in [0.717, 1.165) is 24.6 Å². The second-order valence-corrected chi connectivity index (χ2v) is 4.50. The van der Waals surface area contributed by atoms with Crippen molar-refractivity contribution < 1.29 is 19.3 Å². The Labute approximate surface area is 113 Å². The van der Waals surface area contributed by atoms with Gasteiger partial charge >= 0.3 is 0 Å². The molecule has 2 rings (SSSR count). The van der Waals surface area contributed by atoms with E-state index < -0.39 is 0 Å². The first-order chi connectivity index (χ1) is 9.31. The minimum absolute atomic E-state index is 0.0578. The molecule has 0 amide bonds. The summed E-state index contributed by atoms with van der Waals surface area (Å²) in [6.45, 7) is 3.77. The summed E-state index contributed by atoms with van der Waals surface area (Å²) in [7, 11) is 1.64. The Morgan fingerprint density at radius 1 is 1.32 bits per heavy atom. The summed E-state index contributed by atoms with van der Waals surface area (Å²) in [6, 6.07) is 7.50. The Morgan fingerprint density at radius 3 is 2.74 bits per heavy atom. The molecule has 1 N–H and O–H groups in total. The van der Waals surface area contributed by atoms with Crippen LogP contribution in [-0.2, 0) is 4.74 Å². The lowest BCUT2D eigenvalue weighted by Gasteiger charge is -2.32. The van der Waals surface area contributed by atoms with Crippen molar-refractivity contribution in [2.45, 2.75) is 6.10 Å². The van der Waals surface area contributed by atoms with E-state index in [9.17, 15) is 0 Å². The van der Waals surface area contributed by atoms with Crippen LogP contribution in [0, 0.1) is 0 Å². The van der Waals surface area contributed by atoms with Crippen molar-refractivity contribution in [3.63, 3.8) is 0 Å². The average Bonchev–Trinajstić information content (AvgIpc) is 2.46. The van der Waals surface area contributed by atoms with Gasteiger partial charge in [-0.1, -0.05) is 0 Å². The molecular weight excluding hydrogens is 246 g/mol. The van der Waals surface area contributed by atoms with E-state index in [4.69, 9.17) is 19.3 Å². The number of hydrogen-bond donors (Lipinski definition) is 1. The third-order valence-electron chi connectivity index (χ3n) is 3.13. The second kappa shape index (κ2) is 7.33. The number of morpholine rings is 1. The van der Waals surface area contributed by atoms with Crippen molar-refractivity contribution >= 4 is 0 Å². The Kier molecular flexibility index (Phi) is 5.44. The summed E-state index contributed by atoms with van der Waals surface area (Å²) in [5.41, 5.74) is 0. The molecule has 5 nitrogen and oxygen atoms in total. The largest absolute Gasteiger partial charge is 0.497 e. The molecule has 1 unspecified atom stereocenters. The maximum absolute atomic E-state index is 8.94. The van der Waals surface area contributed by atoms with Gasteiger partial charge in [0.1, 0.15) is 24.2 Å². The van der Waals surface area contributed by atoms with Gasteiger partial charge in [-0.25, -0.2) is 0 Å². The minimum Gasteiger partial charge on any atom is -0.497 e. The molecule has 1 aromatic carbocycles. The highest BCUT2D eigenvalue weighted by atomic mass is 16.5. The number of benzene rings is 1. The molecule has 1 aliphatic rings. The lowest BCUT2D eigenvalue weighted by molar-refractivity contribution is -0.0508. The van der Waals surface area contributed by atoms with E-state index in [1.165, 1.54) is 0 Å². The Balaban J connectivity index is 1.77. The van der Waals surface area contributed by atoms with Gasteiger partial charge in [-0.2, -0.15) is 0 Å². The van der Waals surface area contributed by atoms with Crippen molar-refractivity contribution in [3.05, 3.63) is 24.3 Å². The van der Waals surface area contributed by atoms with Gasteiger partial charge in [-0.15, -0.1) is 0 Å². The van der Waals surface area contributed by atoms with Crippen molar-refractivity contribution in [1.29, 1.82) is 0 Å². The standard InChI is InChI=1S/C14H21NO4/c1-17-12-2-4-13(5-3-12)19-11-14-10-15(6-8-16)7-9-18-14/h2-5,14,16H,6-11H2,1H3. The zero-order valence-corrected chi connectivity index (χ0v) is 11.2. The van der Waals surface area contributed by atoms with E-state index >= 15 is 0 Å². The number of β-amino-alcohol motifs (C(OH)–C–C–N with tert-alkyl or cyclic N) is 1. The van der Waals surface area contributed by atoms with Gasteiger partial charge in [0.2, 0.25) is 0 Å². The van der Waals surface area contributed by atoms with Crippen LogP contribution in [0.2, 0.25) is 0 Å². The number of ether oxygens (including phenoxy) is 3. The fourth-order valence-electron chi connectivity index (χ4n) is 2.09. The first kappa shape index (κ1) is 14.1. The molecule has 0 aliphatic carbocycles. The molecule has 1 fully saturated rings. The SMILES string of the molecule is COc1ccc(OCC2CN(CCO)CCO2)cc1. The molecule has 1 atom stereocenters. The number of methoxy groups -OCH3 is 1. The smallest absolute Gasteiger partial charge is 0.119 e. The third-order valence-corrected chi connectivity index (χ3v) is 3.13. The summed E-state index contributed by atoms with van der Waals surface area (Å²) in [5.74, 6) is 1.62. The highest BCUT2D eigenvalue weighted by Crippen LogP contribution is 2.17. The topological polar surface area (TPSA) is 51.2 Å². The quantitative estimate of drug-likeness (QED) is 0.825. The maximum atomic E-state index is 8.94. The molecule has 0 radical (unpaired) electrons. The van der Waals surface area contributed by atoms with Crippen LogP contribution in [0.5, 0.6) is 11.5 Å².